The van der Waals surface area contributed by atoms with Gasteiger partial charge in [0.1, 0.15) is 11.5 Å². The zero-order chi connectivity index (χ0) is 14.4. The number of carbonyl (C=O) groups is 1. The Balaban J connectivity index is 2.01. The van der Waals surface area contributed by atoms with E-state index in [9.17, 15) is 4.79 Å². The van der Waals surface area contributed by atoms with E-state index in [2.05, 4.69) is 5.32 Å². The number of carbonyl (C=O) groups excluding carboxylic acids is 1. The molecule has 1 amide bonds. The van der Waals surface area contributed by atoms with Crippen LogP contribution < -0.4 is 14.8 Å². The molecule has 0 aromatic heterocycles. The summed E-state index contributed by atoms with van der Waals surface area (Å²) in [7, 11) is 1.56. The van der Waals surface area contributed by atoms with Crippen molar-refractivity contribution in [2.45, 2.75) is 13.0 Å². The fourth-order valence-corrected chi connectivity index (χ4v) is 1.74. The first-order valence-corrected chi connectivity index (χ1v) is 6.36. The molecule has 104 valence electrons. The van der Waals surface area contributed by atoms with Crippen LogP contribution in [0.15, 0.2) is 54.6 Å². The highest BCUT2D eigenvalue weighted by Gasteiger charge is 2.16. The van der Waals surface area contributed by atoms with Crippen molar-refractivity contribution in [3.05, 3.63) is 54.6 Å². The van der Waals surface area contributed by atoms with Gasteiger partial charge in [-0.3, -0.25) is 4.79 Å². The number of rotatable bonds is 5. The summed E-state index contributed by atoms with van der Waals surface area (Å²) in [4.78, 5) is 12.1. The van der Waals surface area contributed by atoms with Crippen LogP contribution in [0.3, 0.4) is 0 Å². The Kier molecular flexibility index (Phi) is 4.60. The predicted molar refractivity (Wildman–Crippen MR) is 78.2 cm³/mol. The van der Waals surface area contributed by atoms with Crippen molar-refractivity contribution in [3.8, 4) is 11.5 Å². The van der Waals surface area contributed by atoms with Crippen LogP contribution in [0.4, 0.5) is 5.69 Å². The van der Waals surface area contributed by atoms with E-state index < -0.39 is 6.10 Å². The first kappa shape index (κ1) is 13.9. The average molecular weight is 271 g/mol. The molecule has 0 bridgehead atoms. The standard InChI is InChI=1S/C16H17NO3/c1-12(20-13-8-4-3-5-9-13)16(18)17-14-10-6-7-11-15(14)19-2/h3-12H,1-2H3,(H,17,18). The fraction of sp³-hybridized carbons (Fsp3) is 0.188. The molecule has 1 N–H and O–H groups in total. The van der Waals surface area contributed by atoms with E-state index >= 15 is 0 Å². The molecule has 0 aliphatic carbocycles. The second-order valence-corrected chi connectivity index (χ2v) is 4.26. The van der Waals surface area contributed by atoms with Crippen LogP contribution >= 0.6 is 0 Å². The van der Waals surface area contributed by atoms with Gasteiger partial charge in [-0.1, -0.05) is 30.3 Å². The molecule has 0 saturated carbocycles. The van der Waals surface area contributed by atoms with Gasteiger partial charge >= 0.3 is 0 Å². The Morgan fingerprint density at radius 3 is 2.40 bits per heavy atom. The normalized spacial score (nSPS) is 11.5. The summed E-state index contributed by atoms with van der Waals surface area (Å²) in [6.07, 6.45) is -0.595. The lowest BCUT2D eigenvalue weighted by Gasteiger charge is -2.16. The van der Waals surface area contributed by atoms with Crippen LogP contribution in [0.5, 0.6) is 11.5 Å². The van der Waals surface area contributed by atoms with Crippen molar-refractivity contribution < 1.29 is 14.3 Å². The Hall–Kier alpha value is -2.49. The topological polar surface area (TPSA) is 47.6 Å². The van der Waals surface area contributed by atoms with Crippen LogP contribution in [0.2, 0.25) is 0 Å². The van der Waals surface area contributed by atoms with Gasteiger partial charge < -0.3 is 14.8 Å². The number of hydrogen-bond acceptors (Lipinski definition) is 3. The third kappa shape index (κ3) is 3.51. The van der Waals surface area contributed by atoms with E-state index in [-0.39, 0.29) is 5.91 Å². The molecule has 0 aliphatic rings. The first-order chi connectivity index (χ1) is 9.70. The van der Waals surface area contributed by atoms with E-state index in [1.807, 2.05) is 42.5 Å². The zero-order valence-electron chi connectivity index (χ0n) is 11.5. The number of ether oxygens (including phenoxy) is 2. The van der Waals surface area contributed by atoms with Gasteiger partial charge in [-0.25, -0.2) is 0 Å². The zero-order valence-corrected chi connectivity index (χ0v) is 11.5. The average Bonchev–Trinajstić information content (AvgIpc) is 2.48. The monoisotopic (exact) mass is 271 g/mol. The highest BCUT2D eigenvalue weighted by molar-refractivity contribution is 5.95. The summed E-state index contributed by atoms with van der Waals surface area (Å²) in [5.41, 5.74) is 0.628. The van der Waals surface area contributed by atoms with E-state index in [1.165, 1.54) is 0 Å². The maximum absolute atomic E-state index is 12.1. The minimum atomic E-state index is -0.595. The van der Waals surface area contributed by atoms with Gasteiger partial charge in [0.05, 0.1) is 12.8 Å². The maximum atomic E-state index is 12.1. The number of hydrogen-bond donors (Lipinski definition) is 1. The van der Waals surface area contributed by atoms with Crippen molar-refractivity contribution in [2.75, 3.05) is 12.4 Å². The summed E-state index contributed by atoms with van der Waals surface area (Å²) >= 11 is 0. The van der Waals surface area contributed by atoms with E-state index in [1.54, 1.807) is 26.2 Å². The lowest BCUT2D eigenvalue weighted by Crippen LogP contribution is -2.30. The van der Waals surface area contributed by atoms with E-state index in [4.69, 9.17) is 9.47 Å². The second-order valence-electron chi connectivity index (χ2n) is 4.26. The SMILES string of the molecule is COc1ccccc1NC(=O)C(C)Oc1ccccc1. The minimum Gasteiger partial charge on any atom is -0.495 e. The second kappa shape index (κ2) is 6.61. The molecule has 1 atom stereocenters. The molecule has 0 aliphatic heterocycles. The van der Waals surface area contributed by atoms with Gasteiger partial charge in [0.2, 0.25) is 0 Å². The van der Waals surface area contributed by atoms with Crippen molar-refractivity contribution >= 4 is 11.6 Å². The van der Waals surface area contributed by atoms with E-state index in [0.717, 1.165) is 0 Å². The van der Waals surface area contributed by atoms with Gasteiger partial charge in [0, 0.05) is 0 Å². The molecule has 0 spiro atoms. The van der Waals surface area contributed by atoms with Gasteiger partial charge in [-0.05, 0) is 31.2 Å². The number of methoxy groups -OCH3 is 1. The lowest BCUT2D eigenvalue weighted by molar-refractivity contribution is -0.122. The number of para-hydroxylation sites is 3. The smallest absolute Gasteiger partial charge is 0.265 e. The molecule has 2 aromatic carbocycles. The largest absolute Gasteiger partial charge is 0.495 e. The first-order valence-electron chi connectivity index (χ1n) is 6.36. The molecule has 4 nitrogen and oxygen atoms in total. The molecular formula is C16H17NO3. The molecule has 20 heavy (non-hydrogen) atoms. The van der Waals surface area contributed by atoms with Crippen molar-refractivity contribution in [2.24, 2.45) is 0 Å². The summed E-state index contributed by atoms with van der Waals surface area (Å²) in [6.45, 7) is 1.71. The number of nitrogens with one attached hydrogen (secondary N) is 1. The van der Waals surface area contributed by atoms with Crippen LogP contribution in [0.25, 0.3) is 0 Å². The highest BCUT2D eigenvalue weighted by Crippen LogP contribution is 2.23. The molecular weight excluding hydrogens is 254 g/mol. The summed E-state index contributed by atoms with van der Waals surface area (Å²) in [5, 5.41) is 2.79. The summed E-state index contributed by atoms with van der Waals surface area (Å²) < 4.78 is 10.8. The van der Waals surface area contributed by atoms with Crippen molar-refractivity contribution in [1.29, 1.82) is 0 Å². The summed E-state index contributed by atoms with van der Waals surface area (Å²) in [6, 6.07) is 16.5. The third-order valence-electron chi connectivity index (χ3n) is 2.79. The number of benzene rings is 2. The molecule has 2 aromatic rings. The maximum Gasteiger partial charge on any atom is 0.265 e. The van der Waals surface area contributed by atoms with Crippen molar-refractivity contribution in [1.82, 2.24) is 0 Å². The Labute approximate surface area is 118 Å². The quantitative estimate of drug-likeness (QED) is 0.909. The minimum absolute atomic E-state index is 0.224. The van der Waals surface area contributed by atoms with E-state index in [0.29, 0.717) is 17.2 Å². The number of anilines is 1. The van der Waals surface area contributed by atoms with Crippen LogP contribution in [-0.4, -0.2) is 19.1 Å². The van der Waals surface area contributed by atoms with Gasteiger partial charge in [0.25, 0.3) is 5.91 Å². The highest BCUT2D eigenvalue weighted by atomic mass is 16.5. The fourth-order valence-electron chi connectivity index (χ4n) is 1.74. The third-order valence-corrected chi connectivity index (χ3v) is 2.79. The van der Waals surface area contributed by atoms with Crippen molar-refractivity contribution in [3.63, 3.8) is 0 Å². The Bertz CT molecular complexity index is 569. The van der Waals surface area contributed by atoms with Gasteiger partial charge in [-0.2, -0.15) is 0 Å². The van der Waals surface area contributed by atoms with Crippen LogP contribution in [0, 0.1) is 0 Å². The van der Waals surface area contributed by atoms with Crippen LogP contribution in [0.1, 0.15) is 6.92 Å². The molecule has 0 heterocycles. The molecule has 1 unspecified atom stereocenters. The van der Waals surface area contributed by atoms with Gasteiger partial charge in [0.15, 0.2) is 6.10 Å². The number of amides is 1. The predicted octanol–water partition coefficient (Wildman–Crippen LogP) is 3.10. The molecule has 0 radical (unpaired) electrons. The Morgan fingerprint density at radius 1 is 1.05 bits per heavy atom. The molecule has 0 saturated heterocycles. The molecule has 4 heteroatoms. The molecule has 2 rings (SSSR count). The Morgan fingerprint density at radius 2 is 1.70 bits per heavy atom. The molecule has 0 fully saturated rings. The lowest BCUT2D eigenvalue weighted by atomic mass is 10.2. The summed E-state index contributed by atoms with van der Waals surface area (Å²) in [5.74, 6) is 1.06. The van der Waals surface area contributed by atoms with Crippen LogP contribution in [-0.2, 0) is 4.79 Å². The van der Waals surface area contributed by atoms with Gasteiger partial charge in [-0.15, -0.1) is 0 Å².